The Morgan fingerprint density at radius 2 is 1.93 bits per heavy atom. The Bertz CT molecular complexity index is 529. The average molecular weight is 202 g/mol. The van der Waals surface area contributed by atoms with Crippen molar-refractivity contribution in [1.29, 1.82) is 0 Å². The van der Waals surface area contributed by atoms with E-state index in [4.69, 9.17) is 0 Å². The first-order valence-electron chi connectivity index (χ1n) is 4.55. The van der Waals surface area contributed by atoms with Crippen LogP contribution in [-0.4, -0.2) is 4.57 Å². The van der Waals surface area contributed by atoms with Gasteiger partial charge in [-0.25, -0.2) is 0 Å². The summed E-state index contributed by atoms with van der Waals surface area (Å²) in [5, 5.41) is 10.8. The Morgan fingerprint density at radius 1 is 1.27 bits per heavy atom. The number of rotatable bonds is 1. The maximum absolute atomic E-state index is 11.5. The van der Waals surface area contributed by atoms with E-state index in [9.17, 15) is 10.0 Å². The van der Waals surface area contributed by atoms with Crippen LogP contribution in [0.15, 0.2) is 47.7 Å². The maximum Gasteiger partial charge on any atom is 0.320 e. The first-order valence-corrected chi connectivity index (χ1v) is 4.55. The Hall–Kier alpha value is -2.10. The van der Waals surface area contributed by atoms with Gasteiger partial charge in [-0.1, -0.05) is 17.7 Å². The second kappa shape index (κ2) is 3.57. The van der Waals surface area contributed by atoms with Gasteiger partial charge in [0.05, 0.1) is 6.20 Å². The molecule has 0 unspecified atom stereocenters. The van der Waals surface area contributed by atoms with Crippen LogP contribution < -0.4 is 10.3 Å². The van der Waals surface area contributed by atoms with E-state index in [1.807, 2.05) is 31.2 Å². The molecule has 1 heterocycles. The van der Waals surface area contributed by atoms with Gasteiger partial charge >= 0.3 is 5.56 Å². The summed E-state index contributed by atoms with van der Waals surface area (Å²) in [5.41, 5.74) is 1.55. The topological polar surface area (TPSA) is 48.9 Å². The maximum atomic E-state index is 11.5. The fraction of sp³-hybridized carbons (Fsp3) is 0.0909. The number of aryl methyl sites for hydroxylation is 1. The number of hydrogen-bond acceptors (Lipinski definition) is 2. The molecule has 0 saturated carbocycles. The Kier molecular flexibility index (Phi) is 2.25. The minimum Gasteiger partial charge on any atom is -0.619 e. The predicted octanol–water partition coefficient (Wildman–Crippen LogP) is 0.779. The third kappa shape index (κ3) is 1.88. The van der Waals surface area contributed by atoms with Gasteiger partial charge in [0.2, 0.25) is 6.20 Å². The van der Waals surface area contributed by atoms with E-state index in [-0.39, 0.29) is 5.56 Å². The molecule has 76 valence electrons. The van der Waals surface area contributed by atoms with Gasteiger partial charge in [0.25, 0.3) is 0 Å². The molecule has 0 amide bonds. The van der Waals surface area contributed by atoms with Crippen LogP contribution in [0.2, 0.25) is 0 Å². The molecule has 1 aromatic heterocycles. The second-order valence-corrected chi connectivity index (χ2v) is 3.33. The molecule has 15 heavy (non-hydrogen) atoms. The lowest BCUT2D eigenvalue weighted by Gasteiger charge is -2.04. The van der Waals surface area contributed by atoms with E-state index in [0.717, 1.165) is 17.4 Å². The minimum atomic E-state index is -0.337. The molecule has 0 aliphatic rings. The first kappa shape index (κ1) is 9.45. The Morgan fingerprint density at radius 3 is 2.53 bits per heavy atom. The van der Waals surface area contributed by atoms with Gasteiger partial charge in [0, 0.05) is 5.69 Å². The van der Waals surface area contributed by atoms with Crippen LogP contribution in [-0.2, 0) is 0 Å². The van der Waals surface area contributed by atoms with Crippen LogP contribution in [0.1, 0.15) is 5.56 Å². The fourth-order valence-corrected chi connectivity index (χ4v) is 1.34. The Balaban J connectivity index is 2.55. The van der Waals surface area contributed by atoms with E-state index in [1.165, 1.54) is 17.0 Å². The van der Waals surface area contributed by atoms with Crippen LogP contribution in [0.3, 0.4) is 0 Å². The van der Waals surface area contributed by atoms with E-state index in [0.29, 0.717) is 4.73 Å². The van der Waals surface area contributed by atoms with Crippen LogP contribution in [0.4, 0.5) is 0 Å². The van der Waals surface area contributed by atoms with Crippen molar-refractivity contribution in [3.05, 3.63) is 64.0 Å². The van der Waals surface area contributed by atoms with Crippen molar-refractivity contribution in [3.8, 4) is 5.69 Å². The van der Waals surface area contributed by atoms with Crippen LogP contribution in [0.25, 0.3) is 5.69 Å². The van der Waals surface area contributed by atoms with Crippen molar-refractivity contribution in [2.75, 3.05) is 0 Å². The molecular formula is C11H10N2O2. The smallest absolute Gasteiger partial charge is 0.320 e. The monoisotopic (exact) mass is 202 g/mol. The number of aromatic nitrogens is 2. The molecule has 4 heteroatoms. The van der Waals surface area contributed by atoms with E-state index in [1.54, 1.807) is 0 Å². The van der Waals surface area contributed by atoms with Crippen molar-refractivity contribution >= 4 is 0 Å². The molecule has 0 aliphatic heterocycles. The van der Waals surface area contributed by atoms with Crippen LogP contribution >= 0.6 is 0 Å². The highest BCUT2D eigenvalue weighted by Gasteiger charge is 2.01. The lowest BCUT2D eigenvalue weighted by Crippen LogP contribution is -2.34. The molecule has 2 aromatic rings. The summed E-state index contributed by atoms with van der Waals surface area (Å²) in [6.45, 7) is 1.98. The van der Waals surface area contributed by atoms with Gasteiger partial charge in [0.15, 0.2) is 6.20 Å². The molecule has 0 N–H and O–H groups in total. The molecule has 4 nitrogen and oxygen atoms in total. The van der Waals surface area contributed by atoms with Gasteiger partial charge in [0.1, 0.15) is 0 Å². The summed E-state index contributed by atoms with van der Waals surface area (Å²) >= 11 is 0. The summed E-state index contributed by atoms with van der Waals surface area (Å²) in [4.78, 5) is 11.5. The number of hydrogen-bond donors (Lipinski definition) is 0. The summed E-state index contributed by atoms with van der Waals surface area (Å²) in [6, 6.07) is 7.51. The summed E-state index contributed by atoms with van der Waals surface area (Å²) < 4.78 is 1.92. The van der Waals surface area contributed by atoms with Gasteiger partial charge in [-0.15, -0.1) is 0 Å². The quantitative estimate of drug-likeness (QED) is 0.506. The van der Waals surface area contributed by atoms with E-state index >= 15 is 0 Å². The molecule has 0 fully saturated rings. The third-order valence-corrected chi connectivity index (χ3v) is 2.15. The normalized spacial score (nSPS) is 10.2. The third-order valence-electron chi connectivity index (χ3n) is 2.15. The first-order chi connectivity index (χ1) is 7.16. The fourth-order valence-electron chi connectivity index (χ4n) is 1.34. The molecule has 0 spiro atoms. The zero-order chi connectivity index (χ0) is 10.8. The van der Waals surface area contributed by atoms with E-state index < -0.39 is 0 Å². The highest BCUT2D eigenvalue weighted by atomic mass is 16.5. The number of benzene rings is 1. The average Bonchev–Trinajstić information content (AvgIpc) is 2.20. The lowest BCUT2D eigenvalue weighted by molar-refractivity contribution is -0.607. The molecule has 0 radical (unpaired) electrons. The van der Waals surface area contributed by atoms with Gasteiger partial charge in [-0.2, -0.15) is 4.73 Å². The number of nitrogens with zero attached hydrogens (tertiary/aromatic N) is 2. The SMILES string of the molecule is Cc1ccc(-n2cc[n+]([O-])cc2=O)cc1. The van der Waals surface area contributed by atoms with E-state index in [2.05, 4.69) is 0 Å². The molecular weight excluding hydrogens is 192 g/mol. The highest BCUT2D eigenvalue weighted by Crippen LogP contribution is 2.05. The summed E-state index contributed by atoms with van der Waals surface area (Å²) in [7, 11) is 0. The van der Waals surface area contributed by atoms with Crippen LogP contribution in [0, 0.1) is 12.1 Å². The zero-order valence-corrected chi connectivity index (χ0v) is 8.25. The molecule has 0 aliphatic carbocycles. The molecule has 1 aromatic carbocycles. The van der Waals surface area contributed by atoms with Crippen LogP contribution in [0.5, 0.6) is 0 Å². The Labute approximate surface area is 86.6 Å². The van der Waals surface area contributed by atoms with Gasteiger partial charge in [-0.05, 0) is 19.1 Å². The molecule has 0 bridgehead atoms. The summed E-state index contributed by atoms with van der Waals surface area (Å²) in [5.74, 6) is 0. The molecule has 0 saturated heterocycles. The molecule has 0 atom stereocenters. The second-order valence-electron chi connectivity index (χ2n) is 3.33. The molecule has 2 rings (SSSR count). The highest BCUT2D eigenvalue weighted by molar-refractivity contribution is 5.33. The van der Waals surface area contributed by atoms with Crippen molar-refractivity contribution in [1.82, 2.24) is 4.57 Å². The van der Waals surface area contributed by atoms with Crippen molar-refractivity contribution in [3.63, 3.8) is 0 Å². The zero-order valence-electron chi connectivity index (χ0n) is 8.25. The predicted molar refractivity (Wildman–Crippen MR) is 55.7 cm³/mol. The standard InChI is InChI=1S/C11H10N2O2/c1-9-2-4-10(5-3-9)13-7-6-12(15)8-11(13)14/h2-8H,1H3. The minimum absolute atomic E-state index is 0.337. The van der Waals surface area contributed by atoms with Gasteiger partial charge in [-0.3, -0.25) is 9.36 Å². The van der Waals surface area contributed by atoms with Crippen molar-refractivity contribution < 1.29 is 4.73 Å². The largest absolute Gasteiger partial charge is 0.619 e. The summed E-state index contributed by atoms with van der Waals surface area (Å²) in [6.07, 6.45) is 3.75. The van der Waals surface area contributed by atoms with Gasteiger partial charge < -0.3 is 5.21 Å². The van der Waals surface area contributed by atoms with Crippen molar-refractivity contribution in [2.45, 2.75) is 6.92 Å². The lowest BCUT2D eigenvalue weighted by atomic mass is 10.2. The van der Waals surface area contributed by atoms with Crippen molar-refractivity contribution in [2.24, 2.45) is 0 Å².